The molecule has 0 N–H and O–H groups in total. The van der Waals surface area contributed by atoms with Gasteiger partial charge in [-0.1, -0.05) is 34.1 Å². The monoisotopic (exact) mass is 170 g/mol. The maximum absolute atomic E-state index is 11.4. The van der Waals surface area contributed by atoms with Crippen LogP contribution in [0.15, 0.2) is 0 Å². The average molecular weight is 170 g/mol. The van der Waals surface area contributed by atoms with E-state index in [1.807, 2.05) is 6.92 Å². The molecule has 0 aromatic rings. The number of ketones is 1. The van der Waals surface area contributed by atoms with Crippen molar-refractivity contribution in [3.8, 4) is 0 Å². The molecule has 0 saturated heterocycles. The van der Waals surface area contributed by atoms with Crippen LogP contribution in [0.3, 0.4) is 0 Å². The lowest BCUT2D eigenvalue weighted by atomic mass is 9.95. The van der Waals surface area contributed by atoms with Crippen LogP contribution >= 0.6 is 0 Å². The van der Waals surface area contributed by atoms with Crippen LogP contribution in [0.5, 0.6) is 0 Å². The summed E-state index contributed by atoms with van der Waals surface area (Å²) in [5.74, 6) is 1.39. The number of Topliss-reactive ketones (excluding diaryl/α,β-unsaturated/α-hetero) is 1. The second kappa shape index (κ2) is 6.22. The molecule has 12 heavy (non-hydrogen) atoms. The van der Waals surface area contributed by atoms with Gasteiger partial charge in [-0.25, -0.2) is 0 Å². The van der Waals surface area contributed by atoms with Crippen LogP contribution < -0.4 is 0 Å². The van der Waals surface area contributed by atoms with Crippen LogP contribution in [-0.4, -0.2) is 5.78 Å². The van der Waals surface area contributed by atoms with E-state index >= 15 is 0 Å². The molecule has 0 aliphatic carbocycles. The summed E-state index contributed by atoms with van der Waals surface area (Å²) < 4.78 is 0. The second-order valence-electron chi connectivity index (χ2n) is 4.09. The largest absolute Gasteiger partial charge is 0.299 e. The molecule has 0 bridgehead atoms. The predicted octanol–water partition coefficient (Wildman–Crippen LogP) is 3.43. The van der Waals surface area contributed by atoms with Crippen LogP contribution in [0.4, 0.5) is 0 Å². The summed E-state index contributed by atoms with van der Waals surface area (Å²) in [5, 5.41) is 0. The van der Waals surface area contributed by atoms with Crippen molar-refractivity contribution in [3.05, 3.63) is 0 Å². The molecule has 0 radical (unpaired) electrons. The summed E-state index contributed by atoms with van der Waals surface area (Å²) in [7, 11) is 0. The topological polar surface area (TPSA) is 17.1 Å². The molecular weight excluding hydrogens is 148 g/mol. The third kappa shape index (κ3) is 5.34. The normalized spacial score (nSPS) is 13.4. The van der Waals surface area contributed by atoms with E-state index in [-0.39, 0.29) is 5.92 Å². The highest BCUT2D eigenvalue weighted by Gasteiger charge is 2.11. The highest BCUT2D eigenvalue weighted by molar-refractivity contribution is 5.80. The Kier molecular flexibility index (Phi) is 6.04. The Morgan fingerprint density at radius 2 is 1.75 bits per heavy atom. The van der Waals surface area contributed by atoms with E-state index in [2.05, 4.69) is 20.8 Å². The molecule has 0 spiro atoms. The van der Waals surface area contributed by atoms with E-state index in [0.29, 0.717) is 11.7 Å². The quantitative estimate of drug-likeness (QED) is 0.597. The molecule has 0 amide bonds. The summed E-state index contributed by atoms with van der Waals surface area (Å²) in [6, 6.07) is 0. The van der Waals surface area contributed by atoms with E-state index in [0.717, 1.165) is 25.7 Å². The van der Waals surface area contributed by atoms with E-state index in [1.54, 1.807) is 0 Å². The van der Waals surface area contributed by atoms with E-state index < -0.39 is 0 Å². The zero-order chi connectivity index (χ0) is 9.56. The van der Waals surface area contributed by atoms with Gasteiger partial charge < -0.3 is 0 Å². The molecule has 0 aromatic carbocycles. The fraction of sp³-hybridized carbons (Fsp3) is 0.909. The molecule has 1 nitrogen and oxygen atoms in total. The first-order chi connectivity index (χ1) is 5.57. The molecule has 0 aliphatic heterocycles. The minimum atomic E-state index is 0.286. The SMILES string of the molecule is CCCC(C)C(=O)CCC(C)C. The number of hydrogen-bond acceptors (Lipinski definition) is 1. The van der Waals surface area contributed by atoms with Crippen molar-refractivity contribution >= 4 is 5.78 Å². The van der Waals surface area contributed by atoms with Crippen LogP contribution in [0.2, 0.25) is 0 Å². The zero-order valence-electron chi connectivity index (χ0n) is 8.89. The molecule has 0 saturated carbocycles. The van der Waals surface area contributed by atoms with Gasteiger partial charge in [-0.2, -0.15) is 0 Å². The zero-order valence-corrected chi connectivity index (χ0v) is 8.89. The first kappa shape index (κ1) is 11.7. The number of carbonyl (C=O) groups is 1. The van der Waals surface area contributed by atoms with Crippen LogP contribution in [0.25, 0.3) is 0 Å². The Morgan fingerprint density at radius 3 is 2.17 bits per heavy atom. The minimum Gasteiger partial charge on any atom is -0.299 e. The van der Waals surface area contributed by atoms with Crippen molar-refractivity contribution in [1.29, 1.82) is 0 Å². The Balaban J connectivity index is 3.57. The van der Waals surface area contributed by atoms with Gasteiger partial charge in [0.05, 0.1) is 0 Å². The lowest BCUT2D eigenvalue weighted by Gasteiger charge is -2.09. The van der Waals surface area contributed by atoms with E-state index in [1.165, 1.54) is 0 Å². The molecule has 72 valence electrons. The summed E-state index contributed by atoms with van der Waals surface area (Å²) in [4.78, 5) is 11.4. The van der Waals surface area contributed by atoms with Gasteiger partial charge in [-0.15, -0.1) is 0 Å². The molecule has 0 aromatic heterocycles. The Bertz CT molecular complexity index is 127. The van der Waals surface area contributed by atoms with Crippen molar-refractivity contribution in [2.75, 3.05) is 0 Å². The van der Waals surface area contributed by atoms with Gasteiger partial charge in [0.2, 0.25) is 0 Å². The third-order valence-electron chi connectivity index (χ3n) is 2.24. The van der Waals surface area contributed by atoms with Gasteiger partial charge in [0.1, 0.15) is 5.78 Å². The Hall–Kier alpha value is -0.330. The lowest BCUT2D eigenvalue weighted by molar-refractivity contribution is -0.122. The molecule has 0 rings (SSSR count). The maximum Gasteiger partial charge on any atom is 0.135 e. The number of rotatable bonds is 6. The number of carbonyl (C=O) groups excluding carboxylic acids is 1. The smallest absolute Gasteiger partial charge is 0.135 e. The van der Waals surface area contributed by atoms with Gasteiger partial charge in [0.25, 0.3) is 0 Å². The van der Waals surface area contributed by atoms with Crippen molar-refractivity contribution in [1.82, 2.24) is 0 Å². The van der Waals surface area contributed by atoms with Crippen molar-refractivity contribution < 1.29 is 4.79 Å². The highest BCUT2D eigenvalue weighted by atomic mass is 16.1. The second-order valence-corrected chi connectivity index (χ2v) is 4.09. The lowest BCUT2D eigenvalue weighted by Crippen LogP contribution is -2.11. The summed E-state index contributed by atoms with van der Waals surface area (Å²) in [6.45, 7) is 8.51. The van der Waals surface area contributed by atoms with Crippen molar-refractivity contribution in [2.24, 2.45) is 11.8 Å². The summed E-state index contributed by atoms with van der Waals surface area (Å²) in [5.41, 5.74) is 0. The summed E-state index contributed by atoms with van der Waals surface area (Å²) >= 11 is 0. The standard InChI is InChI=1S/C11H22O/c1-5-6-10(4)11(12)8-7-9(2)3/h9-10H,5-8H2,1-4H3. The first-order valence-corrected chi connectivity index (χ1v) is 5.10. The van der Waals surface area contributed by atoms with Gasteiger partial charge in [-0.3, -0.25) is 4.79 Å². The third-order valence-corrected chi connectivity index (χ3v) is 2.24. The van der Waals surface area contributed by atoms with Crippen molar-refractivity contribution in [2.45, 2.75) is 53.4 Å². The number of hydrogen-bond donors (Lipinski definition) is 0. The molecular formula is C11H22O. The van der Waals surface area contributed by atoms with E-state index in [9.17, 15) is 4.79 Å². The summed E-state index contributed by atoms with van der Waals surface area (Å²) in [6.07, 6.45) is 4.00. The highest BCUT2D eigenvalue weighted by Crippen LogP contribution is 2.12. The Morgan fingerprint density at radius 1 is 1.17 bits per heavy atom. The molecule has 1 unspecified atom stereocenters. The predicted molar refractivity (Wildman–Crippen MR) is 53.2 cm³/mol. The average Bonchev–Trinajstić information content (AvgIpc) is 2.00. The molecule has 0 heterocycles. The first-order valence-electron chi connectivity index (χ1n) is 5.10. The van der Waals surface area contributed by atoms with Crippen molar-refractivity contribution in [3.63, 3.8) is 0 Å². The molecule has 0 aliphatic rings. The Labute approximate surface area is 76.6 Å². The van der Waals surface area contributed by atoms with Crippen LogP contribution in [0.1, 0.15) is 53.4 Å². The maximum atomic E-state index is 11.4. The van der Waals surface area contributed by atoms with Gasteiger partial charge >= 0.3 is 0 Å². The molecule has 0 fully saturated rings. The van der Waals surface area contributed by atoms with Crippen LogP contribution in [-0.2, 0) is 4.79 Å². The molecule has 1 heteroatoms. The van der Waals surface area contributed by atoms with Crippen LogP contribution in [0, 0.1) is 11.8 Å². The fourth-order valence-electron chi connectivity index (χ4n) is 1.27. The van der Waals surface area contributed by atoms with Gasteiger partial charge in [0, 0.05) is 12.3 Å². The fourth-order valence-corrected chi connectivity index (χ4v) is 1.27. The minimum absolute atomic E-state index is 0.286. The molecule has 1 atom stereocenters. The van der Waals surface area contributed by atoms with E-state index in [4.69, 9.17) is 0 Å². The van der Waals surface area contributed by atoms with Gasteiger partial charge in [0.15, 0.2) is 0 Å². The van der Waals surface area contributed by atoms with Gasteiger partial charge in [-0.05, 0) is 18.8 Å².